The highest BCUT2D eigenvalue weighted by molar-refractivity contribution is 5.76. The van der Waals surface area contributed by atoms with E-state index in [1.54, 1.807) is 0 Å². The van der Waals surface area contributed by atoms with Gasteiger partial charge in [0.2, 0.25) is 5.91 Å². The second-order valence-electron chi connectivity index (χ2n) is 4.04. The molecule has 0 bridgehead atoms. The fourth-order valence-corrected chi connectivity index (χ4v) is 1.93. The van der Waals surface area contributed by atoms with Crippen molar-refractivity contribution in [2.45, 2.75) is 25.8 Å². The van der Waals surface area contributed by atoms with E-state index in [9.17, 15) is 4.79 Å². The molecule has 0 saturated carbocycles. The monoisotopic (exact) mass is 219 g/mol. The lowest BCUT2D eigenvalue weighted by Gasteiger charge is -2.26. The van der Waals surface area contributed by atoms with Crippen LogP contribution in [0.2, 0.25) is 0 Å². The Morgan fingerprint density at radius 2 is 2.31 bits per heavy atom. The summed E-state index contributed by atoms with van der Waals surface area (Å²) in [6, 6.07) is 5.84. The number of aromatic nitrogens is 1. The first-order valence-electron chi connectivity index (χ1n) is 5.71. The summed E-state index contributed by atoms with van der Waals surface area (Å²) >= 11 is 0. The molecule has 1 saturated heterocycles. The van der Waals surface area contributed by atoms with E-state index in [-0.39, 0.29) is 5.91 Å². The molecule has 0 unspecified atom stereocenters. The number of nitrogens with one attached hydrogen (secondary N) is 1. The molecule has 1 aliphatic rings. The standard InChI is InChI=1S/C12H17N3O/c1-13-11-6-4-5-10(14-11)9-15-8-3-2-7-12(15)16/h4-6H,2-3,7-9H2,1H3,(H,13,14). The van der Waals surface area contributed by atoms with Crippen molar-refractivity contribution in [3.63, 3.8) is 0 Å². The number of piperidine rings is 1. The van der Waals surface area contributed by atoms with Gasteiger partial charge in [0.25, 0.3) is 0 Å². The summed E-state index contributed by atoms with van der Waals surface area (Å²) in [4.78, 5) is 17.9. The van der Waals surface area contributed by atoms with E-state index in [0.29, 0.717) is 13.0 Å². The zero-order valence-electron chi connectivity index (χ0n) is 9.57. The van der Waals surface area contributed by atoms with Crippen molar-refractivity contribution in [3.8, 4) is 0 Å². The van der Waals surface area contributed by atoms with Gasteiger partial charge in [0, 0.05) is 20.0 Å². The second-order valence-corrected chi connectivity index (χ2v) is 4.04. The van der Waals surface area contributed by atoms with E-state index in [1.807, 2.05) is 30.1 Å². The van der Waals surface area contributed by atoms with Crippen molar-refractivity contribution in [2.24, 2.45) is 0 Å². The molecule has 1 aromatic rings. The van der Waals surface area contributed by atoms with Gasteiger partial charge in [-0.05, 0) is 25.0 Å². The van der Waals surface area contributed by atoms with E-state index >= 15 is 0 Å². The van der Waals surface area contributed by atoms with Crippen LogP contribution in [0.25, 0.3) is 0 Å². The molecule has 2 heterocycles. The molecule has 4 nitrogen and oxygen atoms in total. The summed E-state index contributed by atoms with van der Waals surface area (Å²) in [5, 5.41) is 3.00. The maximum Gasteiger partial charge on any atom is 0.222 e. The Morgan fingerprint density at radius 1 is 1.44 bits per heavy atom. The van der Waals surface area contributed by atoms with E-state index in [2.05, 4.69) is 10.3 Å². The molecule has 0 aliphatic carbocycles. The van der Waals surface area contributed by atoms with Crippen molar-refractivity contribution in [1.29, 1.82) is 0 Å². The number of hydrogen-bond donors (Lipinski definition) is 1. The summed E-state index contributed by atoms with van der Waals surface area (Å²) < 4.78 is 0. The molecule has 0 radical (unpaired) electrons. The molecule has 0 aromatic carbocycles. The Balaban J connectivity index is 2.04. The number of rotatable bonds is 3. The van der Waals surface area contributed by atoms with Crippen LogP contribution in [0.1, 0.15) is 25.0 Å². The zero-order valence-corrected chi connectivity index (χ0v) is 9.57. The van der Waals surface area contributed by atoms with Crippen LogP contribution in [-0.2, 0) is 11.3 Å². The fraction of sp³-hybridized carbons (Fsp3) is 0.500. The minimum atomic E-state index is 0.253. The smallest absolute Gasteiger partial charge is 0.222 e. The van der Waals surface area contributed by atoms with Crippen LogP contribution in [-0.4, -0.2) is 29.4 Å². The molecule has 1 aromatic heterocycles. The fourth-order valence-electron chi connectivity index (χ4n) is 1.93. The van der Waals surface area contributed by atoms with Crippen molar-refractivity contribution in [2.75, 3.05) is 18.9 Å². The number of carbonyl (C=O) groups is 1. The van der Waals surface area contributed by atoms with E-state index in [4.69, 9.17) is 0 Å². The van der Waals surface area contributed by atoms with Crippen LogP contribution in [0.4, 0.5) is 5.82 Å². The normalized spacial score (nSPS) is 16.3. The molecule has 1 fully saturated rings. The third kappa shape index (κ3) is 2.51. The number of amides is 1. The molecule has 1 amide bonds. The Kier molecular flexibility index (Phi) is 3.39. The van der Waals surface area contributed by atoms with Gasteiger partial charge in [0.05, 0.1) is 12.2 Å². The number of hydrogen-bond acceptors (Lipinski definition) is 3. The van der Waals surface area contributed by atoms with Crippen LogP contribution in [0, 0.1) is 0 Å². The summed E-state index contributed by atoms with van der Waals surface area (Å²) in [7, 11) is 1.85. The molecule has 0 spiro atoms. The molecule has 1 N–H and O–H groups in total. The van der Waals surface area contributed by atoms with Crippen molar-refractivity contribution < 1.29 is 4.79 Å². The average Bonchev–Trinajstić information content (AvgIpc) is 2.32. The van der Waals surface area contributed by atoms with Crippen LogP contribution >= 0.6 is 0 Å². The highest BCUT2D eigenvalue weighted by Gasteiger charge is 2.18. The molecule has 86 valence electrons. The van der Waals surface area contributed by atoms with Crippen molar-refractivity contribution in [1.82, 2.24) is 9.88 Å². The number of pyridine rings is 1. The third-order valence-electron chi connectivity index (χ3n) is 2.84. The lowest BCUT2D eigenvalue weighted by Crippen LogP contribution is -2.34. The predicted molar refractivity (Wildman–Crippen MR) is 63.1 cm³/mol. The lowest BCUT2D eigenvalue weighted by atomic mass is 10.1. The van der Waals surface area contributed by atoms with Gasteiger partial charge in [-0.25, -0.2) is 4.98 Å². The molecular weight excluding hydrogens is 202 g/mol. The Morgan fingerprint density at radius 3 is 3.06 bits per heavy atom. The van der Waals surface area contributed by atoms with Gasteiger partial charge in [-0.3, -0.25) is 4.79 Å². The minimum absolute atomic E-state index is 0.253. The average molecular weight is 219 g/mol. The topological polar surface area (TPSA) is 45.2 Å². The molecular formula is C12H17N3O. The van der Waals surface area contributed by atoms with Crippen LogP contribution in [0.15, 0.2) is 18.2 Å². The van der Waals surface area contributed by atoms with Gasteiger partial charge >= 0.3 is 0 Å². The van der Waals surface area contributed by atoms with E-state index in [0.717, 1.165) is 30.9 Å². The quantitative estimate of drug-likeness (QED) is 0.840. The van der Waals surface area contributed by atoms with Gasteiger partial charge in [0.15, 0.2) is 0 Å². The first kappa shape index (κ1) is 10.9. The molecule has 2 rings (SSSR count). The summed E-state index contributed by atoms with van der Waals surface area (Å²) in [6.07, 6.45) is 2.82. The van der Waals surface area contributed by atoms with Gasteiger partial charge in [-0.15, -0.1) is 0 Å². The highest BCUT2D eigenvalue weighted by atomic mass is 16.2. The maximum absolute atomic E-state index is 11.6. The predicted octanol–water partition coefficient (Wildman–Crippen LogP) is 1.64. The Bertz CT molecular complexity index is 378. The van der Waals surface area contributed by atoms with Gasteiger partial charge in [-0.1, -0.05) is 6.07 Å². The van der Waals surface area contributed by atoms with Crippen LogP contribution in [0.5, 0.6) is 0 Å². The molecule has 1 aliphatic heterocycles. The molecule has 4 heteroatoms. The first-order valence-corrected chi connectivity index (χ1v) is 5.71. The Hall–Kier alpha value is -1.58. The maximum atomic E-state index is 11.6. The van der Waals surface area contributed by atoms with Crippen LogP contribution < -0.4 is 5.32 Å². The zero-order chi connectivity index (χ0) is 11.4. The third-order valence-corrected chi connectivity index (χ3v) is 2.84. The van der Waals surface area contributed by atoms with Gasteiger partial charge < -0.3 is 10.2 Å². The second kappa shape index (κ2) is 4.96. The lowest BCUT2D eigenvalue weighted by molar-refractivity contribution is -0.133. The molecule has 0 atom stereocenters. The van der Waals surface area contributed by atoms with Gasteiger partial charge in [0.1, 0.15) is 5.82 Å². The van der Waals surface area contributed by atoms with Crippen molar-refractivity contribution in [3.05, 3.63) is 23.9 Å². The largest absolute Gasteiger partial charge is 0.373 e. The van der Waals surface area contributed by atoms with Gasteiger partial charge in [-0.2, -0.15) is 0 Å². The Labute approximate surface area is 95.7 Å². The highest BCUT2D eigenvalue weighted by Crippen LogP contribution is 2.14. The van der Waals surface area contributed by atoms with Crippen LogP contribution in [0.3, 0.4) is 0 Å². The number of likely N-dealkylation sites (tertiary alicyclic amines) is 1. The number of anilines is 1. The van der Waals surface area contributed by atoms with E-state index in [1.165, 1.54) is 0 Å². The molecule has 16 heavy (non-hydrogen) atoms. The summed E-state index contributed by atoms with van der Waals surface area (Å²) in [5.74, 6) is 1.10. The minimum Gasteiger partial charge on any atom is -0.373 e. The first-order chi connectivity index (χ1) is 7.79. The SMILES string of the molecule is CNc1cccc(CN2CCCCC2=O)n1. The number of carbonyl (C=O) groups excluding carboxylic acids is 1. The van der Waals surface area contributed by atoms with Crippen molar-refractivity contribution >= 4 is 11.7 Å². The number of nitrogens with zero attached hydrogens (tertiary/aromatic N) is 2. The van der Waals surface area contributed by atoms with E-state index < -0.39 is 0 Å². The summed E-state index contributed by atoms with van der Waals surface area (Å²) in [6.45, 7) is 1.50. The summed E-state index contributed by atoms with van der Waals surface area (Å²) in [5.41, 5.74) is 0.946.